The Morgan fingerprint density at radius 1 is 1.47 bits per heavy atom. The summed E-state index contributed by atoms with van der Waals surface area (Å²) in [6.07, 6.45) is 0.249. The number of pyridine rings is 1. The minimum Gasteiger partial charge on any atom is -0.390 e. The minimum absolute atomic E-state index is 0.371. The number of hydrogen-bond acceptors (Lipinski definition) is 4. The highest BCUT2D eigenvalue weighted by atomic mass is 35.5. The molecule has 0 aliphatic rings. The summed E-state index contributed by atoms with van der Waals surface area (Å²) in [5, 5.41) is 22.6. The van der Waals surface area contributed by atoms with Crippen LogP contribution in [-0.4, -0.2) is 34.9 Å². The zero-order chi connectivity index (χ0) is 11.3. The predicted molar refractivity (Wildman–Crippen MR) is 58.8 cm³/mol. The SMILES string of the molecule is CNCCC(O)C(O)c1ccc(Cl)nc1. The van der Waals surface area contributed by atoms with Gasteiger partial charge in [-0.2, -0.15) is 0 Å². The summed E-state index contributed by atoms with van der Waals surface area (Å²) in [5.41, 5.74) is 0.572. The molecule has 15 heavy (non-hydrogen) atoms. The van der Waals surface area contributed by atoms with Crippen LogP contribution in [0.4, 0.5) is 0 Å². The van der Waals surface area contributed by atoms with Crippen molar-refractivity contribution in [2.75, 3.05) is 13.6 Å². The summed E-state index contributed by atoms with van der Waals surface area (Å²) >= 11 is 5.61. The summed E-state index contributed by atoms with van der Waals surface area (Å²) in [7, 11) is 1.79. The van der Waals surface area contributed by atoms with Gasteiger partial charge in [-0.15, -0.1) is 0 Å². The lowest BCUT2D eigenvalue weighted by Crippen LogP contribution is -2.23. The van der Waals surface area contributed by atoms with Crippen LogP contribution in [0.1, 0.15) is 18.1 Å². The monoisotopic (exact) mass is 230 g/mol. The van der Waals surface area contributed by atoms with Crippen LogP contribution in [-0.2, 0) is 0 Å². The predicted octanol–water partition coefficient (Wildman–Crippen LogP) is 0.739. The lowest BCUT2D eigenvalue weighted by molar-refractivity contribution is 0.0138. The van der Waals surface area contributed by atoms with E-state index in [0.717, 1.165) is 0 Å². The van der Waals surface area contributed by atoms with E-state index in [0.29, 0.717) is 23.7 Å². The molecule has 0 amide bonds. The quantitative estimate of drug-likeness (QED) is 0.653. The zero-order valence-corrected chi connectivity index (χ0v) is 9.28. The van der Waals surface area contributed by atoms with Gasteiger partial charge in [0.25, 0.3) is 0 Å². The number of nitrogens with zero attached hydrogens (tertiary/aromatic N) is 1. The molecule has 0 fully saturated rings. The van der Waals surface area contributed by atoms with E-state index in [1.54, 1.807) is 19.2 Å². The van der Waals surface area contributed by atoms with E-state index in [9.17, 15) is 10.2 Å². The molecule has 2 unspecified atom stereocenters. The maximum atomic E-state index is 9.75. The van der Waals surface area contributed by atoms with Crippen molar-refractivity contribution in [1.29, 1.82) is 0 Å². The Morgan fingerprint density at radius 3 is 2.73 bits per heavy atom. The summed E-state index contributed by atoms with van der Waals surface area (Å²) in [5.74, 6) is 0. The van der Waals surface area contributed by atoms with E-state index in [1.165, 1.54) is 6.20 Å². The van der Waals surface area contributed by atoms with Gasteiger partial charge in [-0.3, -0.25) is 0 Å². The van der Waals surface area contributed by atoms with Crippen LogP contribution in [0, 0.1) is 0 Å². The zero-order valence-electron chi connectivity index (χ0n) is 8.52. The highest BCUT2D eigenvalue weighted by Gasteiger charge is 2.17. The molecule has 0 radical (unpaired) electrons. The van der Waals surface area contributed by atoms with Crippen molar-refractivity contribution in [3.63, 3.8) is 0 Å². The second kappa shape index (κ2) is 6.02. The van der Waals surface area contributed by atoms with Crippen LogP contribution >= 0.6 is 11.6 Å². The molecule has 4 nitrogen and oxygen atoms in total. The number of rotatable bonds is 5. The molecule has 0 saturated carbocycles. The second-order valence-electron chi connectivity index (χ2n) is 3.32. The number of aliphatic hydroxyl groups excluding tert-OH is 2. The van der Waals surface area contributed by atoms with Crippen LogP contribution in [0.3, 0.4) is 0 Å². The van der Waals surface area contributed by atoms with Crippen molar-refractivity contribution in [1.82, 2.24) is 10.3 Å². The average Bonchev–Trinajstić information content (AvgIpc) is 2.26. The Hall–Kier alpha value is -0.680. The molecule has 3 N–H and O–H groups in total. The summed E-state index contributed by atoms with van der Waals surface area (Å²) < 4.78 is 0. The number of aliphatic hydroxyl groups is 2. The smallest absolute Gasteiger partial charge is 0.129 e. The highest BCUT2D eigenvalue weighted by molar-refractivity contribution is 6.29. The van der Waals surface area contributed by atoms with E-state index < -0.39 is 12.2 Å². The second-order valence-corrected chi connectivity index (χ2v) is 3.71. The maximum Gasteiger partial charge on any atom is 0.129 e. The van der Waals surface area contributed by atoms with Gasteiger partial charge < -0.3 is 15.5 Å². The van der Waals surface area contributed by atoms with Crippen molar-refractivity contribution in [2.24, 2.45) is 0 Å². The molecule has 0 aromatic carbocycles. The molecule has 0 aliphatic heterocycles. The Morgan fingerprint density at radius 2 is 2.20 bits per heavy atom. The molecule has 84 valence electrons. The molecule has 0 saturated heterocycles. The molecule has 2 atom stereocenters. The van der Waals surface area contributed by atoms with Gasteiger partial charge in [0.2, 0.25) is 0 Å². The average molecular weight is 231 g/mol. The Kier molecular flexibility index (Phi) is 4.98. The van der Waals surface area contributed by atoms with E-state index >= 15 is 0 Å². The third-order valence-corrected chi connectivity index (χ3v) is 2.37. The summed E-state index contributed by atoms with van der Waals surface area (Å²) in [6, 6.07) is 3.24. The fraction of sp³-hybridized carbons (Fsp3) is 0.500. The van der Waals surface area contributed by atoms with Crippen molar-refractivity contribution >= 4 is 11.6 Å². The van der Waals surface area contributed by atoms with Crippen molar-refractivity contribution in [3.05, 3.63) is 29.0 Å². The number of aromatic nitrogens is 1. The summed E-state index contributed by atoms with van der Waals surface area (Å²) in [4.78, 5) is 3.84. The molecular formula is C10H15ClN2O2. The lowest BCUT2D eigenvalue weighted by Gasteiger charge is -2.17. The van der Waals surface area contributed by atoms with Gasteiger partial charge in [0, 0.05) is 11.8 Å². The van der Waals surface area contributed by atoms with Gasteiger partial charge in [-0.05, 0) is 26.1 Å². The van der Waals surface area contributed by atoms with Crippen molar-refractivity contribution in [2.45, 2.75) is 18.6 Å². The van der Waals surface area contributed by atoms with Crippen molar-refractivity contribution in [3.8, 4) is 0 Å². The molecule has 1 heterocycles. The number of halogens is 1. The van der Waals surface area contributed by atoms with Crippen molar-refractivity contribution < 1.29 is 10.2 Å². The topological polar surface area (TPSA) is 65.4 Å². The highest BCUT2D eigenvalue weighted by Crippen LogP contribution is 2.18. The van der Waals surface area contributed by atoms with Crippen LogP contribution in [0.2, 0.25) is 5.15 Å². The fourth-order valence-electron chi connectivity index (χ4n) is 1.23. The molecule has 0 aliphatic carbocycles. The Balaban J connectivity index is 2.59. The molecule has 1 rings (SSSR count). The van der Waals surface area contributed by atoms with Gasteiger partial charge in [0.05, 0.1) is 6.10 Å². The number of hydrogen-bond donors (Lipinski definition) is 3. The molecule has 1 aromatic rings. The van der Waals surface area contributed by atoms with Gasteiger partial charge in [0.15, 0.2) is 0 Å². The van der Waals surface area contributed by atoms with Crippen LogP contribution < -0.4 is 5.32 Å². The standard InChI is InChI=1S/C10H15ClN2O2/c1-12-5-4-8(14)10(15)7-2-3-9(11)13-6-7/h2-3,6,8,10,12,14-15H,4-5H2,1H3. The molecule has 0 spiro atoms. The first-order valence-electron chi connectivity index (χ1n) is 4.77. The van der Waals surface area contributed by atoms with Gasteiger partial charge in [-0.1, -0.05) is 17.7 Å². The van der Waals surface area contributed by atoms with Gasteiger partial charge in [0.1, 0.15) is 11.3 Å². The van der Waals surface area contributed by atoms with Crippen LogP contribution in [0.15, 0.2) is 18.3 Å². The largest absolute Gasteiger partial charge is 0.390 e. The van der Waals surface area contributed by atoms with E-state index in [2.05, 4.69) is 10.3 Å². The molecule has 0 bridgehead atoms. The molecular weight excluding hydrogens is 216 g/mol. The van der Waals surface area contributed by atoms with E-state index in [-0.39, 0.29) is 0 Å². The normalized spacial score (nSPS) is 14.9. The number of nitrogens with one attached hydrogen (secondary N) is 1. The lowest BCUT2D eigenvalue weighted by atomic mass is 10.0. The first-order valence-corrected chi connectivity index (χ1v) is 5.15. The minimum atomic E-state index is -0.914. The van der Waals surface area contributed by atoms with Crippen LogP contribution in [0.25, 0.3) is 0 Å². The van der Waals surface area contributed by atoms with E-state index in [1.807, 2.05) is 0 Å². The third-order valence-electron chi connectivity index (χ3n) is 2.15. The molecule has 5 heteroatoms. The third kappa shape index (κ3) is 3.76. The van der Waals surface area contributed by atoms with Crippen LogP contribution in [0.5, 0.6) is 0 Å². The van der Waals surface area contributed by atoms with Gasteiger partial charge >= 0.3 is 0 Å². The first kappa shape index (κ1) is 12.4. The maximum absolute atomic E-state index is 9.75. The Bertz CT molecular complexity index is 292. The first-order chi connectivity index (χ1) is 7.15. The molecule has 1 aromatic heterocycles. The Labute approximate surface area is 93.9 Å². The summed E-state index contributed by atoms with van der Waals surface area (Å²) in [6.45, 7) is 0.652. The fourth-order valence-corrected chi connectivity index (χ4v) is 1.35. The van der Waals surface area contributed by atoms with Gasteiger partial charge in [-0.25, -0.2) is 4.98 Å². The van der Waals surface area contributed by atoms with E-state index in [4.69, 9.17) is 11.6 Å².